The number of aliphatic hydroxyl groups is 1. The van der Waals surface area contributed by atoms with E-state index in [9.17, 15) is 14.7 Å². The molecule has 27 heavy (non-hydrogen) atoms. The number of hydrogen-bond acceptors (Lipinski definition) is 3. The van der Waals surface area contributed by atoms with Crippen molar-refractivity contribution >= 4 is 11.8 Å². The number of hydrogen-bond donors (Lipinski definition) is 2. The van der Waals surface area contributed by atoms with Gasteiger partial charge in [0.2, 0.25) is 0 Å². The SMILES string of the molecule is CCCCCCCC=C[C@H]1CCC(=O)[C@@H]1CCCCC(C)(C)C(O)C(=O)O. The van der Waals surface area contributed by atoms with Gasteiger partial charge in [-0.25, -0.2) is 4.79 Å². The minimum absolute atomic E-state index is 0.133. The highest BCUT2D eigenvalue weighted by atomic mass is 16.4. The molecule has 4 heteroatoms. The van der Waals surface area contributed by atoms with Crippen molar-refractivity contribution in [2.45, 2.75) is 104 Å². The maximum Gasteiger partial charge on any atom is 0.333 e. The number of rotatable bonds is 14. The van der Waals surface area contributed by atoms with Crippen LogP contribution in [-0.4, -0.2) is 28.1 Å². The van der Waals surface area contributed by atoms with Crippen LogP contribution >= 0.6 is 0 Å². The molecule has 1 fully saturated rings. The quantitative estimate of drug-likeness (QED) is 0.307. The second kappa shape index (κ2) is 12.3. The fourth-order valence-electron chi connectivity index (χ4n) is 4.09. The largest absolute Gasteiger partial charge is 0.479 e. The lowest BCUT2D eigenvalue weighted by Crippen LogP contribution is -2.36. The summed E-state index contributed by atoms with van der Waals surface area (Å²) in [6.07, 6.45) is 15.7. The molecule has 1 aliphatic rings. The van der Waals surface area contributed by atoms with E-state index in [1.54, 1.807) is 13.8 Å². The van der Waals surface area contributed by atoms with Gasteiger partial charge in [-0.1, -0.05) is 71.4 Å². The predicted molar refractivity (Wildman–Crippen MR) is 110 cm³/mol. The molecule has 0 aromatic rings. The molecule has 0 aromatic heterocycles. The van der Waals surface area contributed by atoms with Gasteiger partial charge in [-0.3, -0.25) is 4.79 Å². The lowest BCUT2D eigenvalue weighted by Gasteiger charge is -2.27. The van der Waals surface area contributed by atoms with Gasteiger partial charge in [0.1, 0.15) is 5.78 Å². The molecule has 1 saturated carbocycles. The van der Waals surface area contributed by atoms with E-state index in [-0.39, 0.29) is 5.92 Å². The van der Waals surface area contributed by atoms with E-state index in [1.807, 2.05) is 0 Å². The topological polar surface area (TPSA) is 74.6 Å². The van der Waals surface area contributed by atoms with E-state index in [2.05, 4.69) is 19.1 Å². The van der Waals surface area contributed by atoms with Gasteiger partial charge in [0.05, 0.1) is 0 Å². The molecule has 1 aliphatic carbocycles. The Bertz CT molecular complexity index is 481. The van der Waals surface area contributed by atoms with Crippen molar-refractivity contribution in [1.82, 2.24) is 0 Å². The van der Waals surface area contributed by atoms with Crippen LogP contribution in [0, 0.1) is 17.3 Å². The average molecular weight is 381 g/mol. The van der Waals surface area contributed by atoms with Crippen molar-refractivity contribution in [2.24, 2.45) is 17.3 Å². The van der Waals surface area contributed by atoms with Crippen molar-refractivity contribution < 1.29 is 19.8 Å². The maximum absolute atomic E-state index is 12.2. The molecular formula is C23H40O4. The second-order valence-electron chi connectivity index (χ2n) is 8.88. The molecule has 0 heterocycles. The van der Waals surface area contributed by atoms with Crippen molar-refractivity contribution in [3.63, 3.8) is 0 Å². The Morgan fingerprint density at radius 2 is 1.89 bits per heavy atom. The highest BCUT2D eigenvalue weighted by molar-refractivity contribution is 5.83. The summed E-state index contributed by atoms with van der Waals surface area (Å²) in [6, 6.07) is 0. The summed E-state index contributed by atoms with van der Waals surface area (Å²) in [6.45, 7) is 5.81. The minimum Gasteiger partial charge on any atom is -0.479 e. The van der Waals surface area contributed by atoms with E-state index in [0.29, 0.717) is 24.5 Å². The van der Waals surface area contributed by atoms with Gasteiger partial charge >= 0.3 is 5.97 Å². The van der Waals surface area contributed by atoms with Crippen molar-refractivity contribution in [1.29, 1.82) is 0 Å². The van der Waals surface area contributed by atoms with Gasteiger partial charge in [0.15, 0.2) is 6.10 Å². The van der Waals surface area contributed by atoms with E-state index < -0.39 is 17.5 Å². The molecule has 0 aromatic carbocycles. The summed E-state index contributed by atoms with van der Waals surface area (Å²) in [5.74, 6) is -0.261. The Morgan fingerprint density at radius 1 is 1.19 bits per heavy atom. The molecule has 3 atom stereocenters. The molecule has 0 aliphatic heterocycles. The lowest BCUT2D eigenvalue weighted by molar-refractivity contribution is -0.153. The monoisotopic (exact) mass is 380 g/mol. The highest BCUT2D eigenvalue weighted by Crippen LogP contribution is 2.35. The number of carbonyl (C=O) groups excluding carboxylic acids is 1. The summed E-state index contributed by atoms with van der Waals surface area (Å²) < 4.78 is 0. The number of carboxylic acids is 1. The summed E-state index contributed by atoms with van der Waals surface area (Å²) in [5.41, 5.74) is -0.636. The van der Waals surface area contributed by atoms with Gasteiger partial charge in [0.25, 0.3) is 0 Å². The second-order valence-corrected chi connectivity index (χ2v) is 8.88. The molecule has 156 valence electrons. The number of unbranched alkanes of at least 4 members (excludes halogenated alkanes) is 6. The summed E-state index contributed by atoms with van der Waals surface area (Å²) in [7, 11) is 0. The number of allylic oxidation sites excluding steroid dienone is 2. The van der Waals surface area contributed by atoms with Gasteiger partial charge in [0, 0.05) is 17.8 Å². The van der Waals surface area contributed by atoms with Crippen LogP contribution in [0.15, 0.2) is 12.2 Å². The fourth-order valence-corrected chi connectivity index (χ4v) is 4.09. The third-order valence-corrected chi connectivity index (χ3v) is 6.07. The Morgan fingerprint density at radius 3 is 2.56 bits per heavy atom. The zero-order valence-electron chi connectivity index (χ0n) is 17.6. The van der Waals surface area contributed by atoms with E-state index in [0.717, 1.165) is 32.1 Å². The van der Waals surface area contributed by atoms with Gasteiger partial charge < -0.3 is 10.2 Å². The van der Waals surface area contributed by atoms with Crippen molar-refractivity contribution in [2.75, 3.05) is 0 Å². The van der Waals surface area contributed by atoms with Crippen LogP contribution in [0.3, 0.4) is 0 Å². The van der Waals surface area contributed by atoms with Gasteiger partial charge in [-0.2, -0.15) is 0 Å². The summed E-state index contributed by atoms with van der Waals surface area (Å²) in [5, 5.41) is 18.8. The molecule has 0 amide bonds. The molecule has 4 nitrogen and oxygen atoms in total. The Hall–Kier alpha value is -1.16. The minimum atomic E-state index is -1.33. The third kappa shape index (κ3) is 8.59. The zero-order chi connectivity index (χ0) is 20.3. The molecule has 2 N–H and O–H groups in total. The highest BCUT2D eigenvalue weighted by Gasteiger charge is 2.34. The molecule has 0 saturated heterocycles. The Labute approximate surface area is 165 Å². The summed E-state index contributed by atoms with van der Waals surface area (Å²) >= 11 is 0. The van der Waals surface area contributed by atoms with Gasteiger partial charge in [-0.15, -0.1) is 0 Å². The van der Waals surface area contributed by atoms with Crippen LogP contribution in [-0.2, 0) is 9.59 Å². The predicted octanol–water partition coefficient (Wildman–Crippen LogP) is 5.53. The Kier molecular flexibility index (Phi) is 10.9. The van der Waals surface area contributed by atoms with Crippen molar-refractivity contribution in [3.8, 4) is 0 Å². The molecule has 0 radical (unpaired) electrons. The third-order valence-electron chi connectivity index (χ3n) is 6.07. The molecule has 0 bridgehead atoms. The lowest BCUT2D eigenvalue weighted by atomic mass is 9.80. The standard InChI is InChI=1S/C23H40O4/c1-4-5-6-7-8-9-10-13-18-15-16-20(24)19(18)14-11-12-17-23(2,3)21(25)22(26)27/h10,13,18-19,21,25H,4-9,11-12,14-17H2,1-3H3,(H,26,27)/t18-,19+,21?/m0/s1. The number of carbonyl (C=O) groups is 2. The number of Topliss-reactive ketones (excluding diaryl/α,β-unsaturated/α-hetero) is 1. The van der Waals surface area contributed by atoms with E-state index >= 15 is 0 Å². The van der Waals surface area contributed by atoms with Crippen LogP contribution in [0.2, 0.25) is 0 Å². The van der Waals surface area contributed by atoms with Crippen LogP contribution < -0.4 is 0 Å². The van der Waals surface area contributed by atoms with Crippen LogP contribution in [0.4, 0.5) is 0 Å². The first kappa shape index (κ1) is 23.9. The number of aliphatic hydroxyl groups excluding tert-OH is 1. The van der Waals surface area contributed by atoms with Crippen LogP contribution in [0.5, 0.6) is 0 Å². The number of ketones is 1. The molecule has 1 unspecified atom stereocenters. The number of carboxylic acid groups (broad SMARTS) is 1. The number of aliphatic carboxylic acids is 1. The average Bonchev–Trinajstić information content (AvgIpc) is 2.97. The van der Waals surface area contributed by atoms with Crippen LogP contribution in [0.1, 0.15) is 97.8 Å². The van der Waals surface area contributed by atoms with Crippen LogP contribution in [0.25, 0.3) is 0 Å². The first-order valence-corrected chi connectivity index (χ1v) is 10.9. The first-order chi connectivity index (χ1) is 12.8. The normalized spacial score (nSPS) is 21.9. The first-order valence-electron chi connectivity index (χ1n) is 10.9. The van der Waals surface area contributed by atoms with Crippen molar-refractivity contribution in [3.05, 3.63) is 12.2 Å². The fraction of sp³-hybridized carbons (Fsp3) is 0.826. The zero-order valence-corrected chi connectivity index (χ0v) is 17.6. The smallest absolute Gasteiger partial charge is 0.333 e. The molecule has 1 rings (SSSR count). The summed E-state index contributed by atoms with van der Waals surface area (Å²) in [4.78, 5) is 23.2. The molecular weight excluding hydrogens is 340 g/mol. The Balaban J connectivity index is 2.33. The molecule has 0 spiro atoms. The van der Waals surface area contributed by atoms with Gasteiger partial charge in [-0.05, 0) is 38.0 Å². The van der Waals surface area contributed by atoms with E-state index in [1.165, 1.54) is 32.1 Å². The van der Waals surface area contributed by atoms with E-state index in [4.69, 9.17) is 5.11 Å². The maximum atomic E-state index is 12.2.